The molecule has 5 heteroatoms. The lowest BCUT2D eigenvalue weighted by molar-refractivity contribution is 0.0330. The fourth-order valence-corrected chi connectivity index (χ4v) is 1.53. The molecule has 2 heterocycles. The molecule has 0 bridgehead atoms. The summed E-state index contributed by atoms with van der Waals surface area (Å²) in [6.07, 6.45) is 3.59. The maximum atomic E-state index is 5.48. The van der Waals surface area contributed by atoms with Gasteiger partial charge in [0.1, 0.15) is 5.82 Å². The Morgan fingerprint density at radius 3 is 2.53 bits per heavy atom. The number of aromatic nitrogens is 2. The van der Waals surface area contributed by atoms with Crippen LogP contribution in [0.3, 0.4) is 0 Å². The molecule has 1 saturated heterocycles. The van der Waals surface area contributed by atoms with E-state index in [1.165, 1.54) is 0 Å². The number of hydrogen-bond acceptors (Lipinski definition) is 5. The van der Waals surface area contributed by atoms with Crippen molar-refractivity contribution in [1.29, 1.82) is 0 Å². The molecule has 1 aliphatic heterocycles. The SMILES string of the molecule is NCc1cnc(CN2CCOCC2)nc1. The van der Waals surface area contributed by atoms with Crippen LogP contribution in [0.1, 0.15) is 11.4 Å². The summed E-state index contributed by atoms with van der Waals surface area (Å²) in [5.74, 6) is 0.856. The van der Waals surface area contributed by atoms with Crippen LogP contribution >= 0.6 is 0 Å². The number of hydrogen-bond donors (Lipinski definition) is 1. The Kier molecular flexibility index (Phi) is 3.60. The highest BCUT2D eigenvalue weighted by Crippen LogP contribution is 2.02. The number of nitrogens with zero attached hydrogens (tertiary/aromatic N) is 3. The predicted octanol–water partition coefficient (Wildman–Crippen LogP) is -0.232. The van der Waals surface area contributed by atoms with Gasteiger partial charge in [0.25, 0.3) is 0 Å². The maximum Gasteiger partial charge on any atom is 0.142 e. The van der Waals surface area contributed by atoms with Crippen LogP contribution in [0.2, 0.25) is 0 Å². The molecule has 0 radical (unpaired) electrons. The molecule has 0 spiro atoms. The van der Waals surface area contributed by atoms with E-state index in [0.717, 1.165) is 44.2 Å². The van der Waals surface area contributed by atoms with Crippen molar-refractivity contribution in [2.75, 3.05) is 26.3 Å². The minimum absolute atomic E-state index is 0.498. The van der Waals surface area contributed by atoms with Crippen LogP contribution in [0.4, 0.5) is 0 Å². The molecular weight excluding hydrogens is 192 g/mol. The van der Waals surface area contributed by atoms with Crippen molar-refractivity contribution in [2.24, 2.45) is 5.73 Å². The van der Waals surface area contributed by atoms with E-state index in [4.69, 9.17) is 10.5 Å². The molecule has 0 aromatic carbocycles. The Hall–Kier alpha value is -1.04. The molecule has 2 rings (SSSR count). The third-order valence-electron chi connectivity index (χ3n) is 2.46. The van der Waals surface area contributed by atoms with E-state index >= 15 is 0 Å². The van der Waals surface area contributed by atoms with Gasteiger partial charge in [0, 0.05) is 37.6 Å². The van der Waals surface area contributed by atoms with Gasteiger partial charge in [-0.25, -0.2) is 9.97 Å². The summed E-state index contributed by atoms with van der Waals surface area (Å²) in [7, 11) is 0. The van der Waals surface area contributed by atoms with Crippen LogP contribution in [0.5, 0.6) is 0 Å². The van der Waals surface area contributed by atoms with Gasteiger partial charge in [0.2, 0.25) is 0 Å². The summed E-state index contributed by atoms with van der Waals surface area (Å²) in [6, 6.07) is 0. The topological polar surface area (TPSA) is 64.3 Å². The standard InChI is InChI=1S/C10H16N4O/c11-5-9-6-12-10(13-7-9)8-14-1-3-15-4-2-14/h6-7H,1-5,8,11H2. The Labute approximate surface area is 89.3 Å². The first kappa shape index (κ1) is 10.5. The lowest BCUT2D eigenvalue weighted by Gasteiger charge is -2.25. The van der Waals surface area contributed by atoms with Crippen LogP contribution in [0, 0.1) is 0 Å². The Morgan fingerprint density at radius 1 is 1.27 bits per heavy atom. The highest BCUT2D eigenvalue weighted by atomic mass is 16.5. The molecular formula is C10H16N4O. The van der Waals surface area contributed by atoms with Crippen LogP contribution in [-0.4, -0.2) is 41.2 Å². The third kappa shape index (κ3) is 2.95. The molecule has 82 valence electrons. The van der Waals surface area contributed by atoms with Gasteiger partial charge in [0.15, 0.2) is 0 Å². The van der Waals surface area contributed by atoms with Crippen molar-refractivity contribution in [1.82, 2.24) is 14.9 Å². The molecule has 0 unspecified atom stereocenters. The second-order valence-electron chi connectivity index (χ2n) is 3.60. The Bertz CT molecular complexity index is 295. The number of rotatable bonds is 3. The zero-order chi connectivity index (χ0) is 10.5. The summed E-state index contributed by atoms with van der Waals surface area (Å²) in [4.78, 5) is 10.8. The normalized spacial score (nSPS) is 17.9. The molecule has 0 saturated carbocycles. The van der Waals surface area contributed by atoms with Gasteiger partial charge < -0.3 is 10.5 Å². The van der Waals surface area contributed by atoms with Crippen LogP contribution < -0.4 is 5.73 Å². The lowest BCUT2D eigenvalue weighted by atomic mass is 10.3. The molecule has 0 aliphatic carbocycles. The molecule has 0 amide bonds. The second-order valence-corrected chi connectivity index (χ2v) is 3.60. The van der Waals surface area contributed by atoms with Crippen molar-refractivity contribution >= 4 is 0 Å². The van der Waals surface area contributed by atoms with E-state index < -0.39 is 0 Å². The summed E-state index contributed by atoms with van der Waals surface area (Å²) in [6.45, 7) is 4.83. The average Bonchev–Trinajstić information content (AvgIpc) is 2.31. The van der Waals surface area contributed by atoms with Crippen molar-refractivity contribution < 1.29 is 4.74 Å². The van der Waals surface area contributed by atoms with Gasteiger partial charge in [0.05, 0.1) is 19.8 Å². The Morgan fingerprint density at radius 2 is 1.93 bits per heavy atom. The van der Waals surface area contributed by atoms with Gasteiger partial charge in [-0.15, -0.1) is 0 Å². The third-order valence-corrected chi connectivity index (χ3v) is 2.46. The molecule has 0 atom stereocenters. The highest BCUT2D eigenvalue weighted by Gasteiger charge is 2.11. The lowest BCUT2D eigenvalue weighted by Crippen LogP contribution is -2.36. The zero-order valence-corrected chi connectivity index (χ0v) is 8.72. The average molecular weight is 208 g/mol. The fraction of sp³-hybridized carbons (Fsp3) is 0.600. The molecule has 1 aliphatic rings. The van der Waals surface area contributed by atoms with Gasteiger partial charge in [-0.1, -0.05) is 0 Å². The van der Waals surface area contributed by atoms with E-state index in [2.05, 4.69) is 14.9 Å². The van der Waals surface area contributed by atoms with E-state index in [9.17, 15) is 0 Å². The van der Waals surface area contributed by atoms with Gasteiger partial charge in [-0.05, 0) is 0 Å². The number of ether oxygens (including phenoxy) is 1. The van der Waals surface area contributed by atoms with E-state index in [0.29, 0.717) is 6.54 Å². The summed E-state index contributed by atoms with van der Waals surface area (Å²) < 4.78 is 5.27. The van der Waals surface area contributed by atoms with Gasteiger partial charge in [-0.2, -0.15) is 0 Å². The summed E-state index contributed by atoms with van der Waals surface area (Å²) in [5.41, 5.74) is 6.45. The largest absolute Gasteiger partial charge is 0.379 e. The molecule has 1 fully saturated rings. The van der Waals surface area contributed by atoms with Crippen molar-refractivity contribution in [3.05, 3.63) is 23.8 Å². The molecule has 5 nitrogen and oxygen atoms in total. The second kappa shape index (κ2) is 5.16. The van der Waals surface area contributed by atoms with Crippen LogP contribution in [-0.2, 0) is 17.8 Å². The van der Waals surface area contributed by atoms with Gasteiger partial charge >= 0.3 is 0 Å². The molecule has 2 N–H and O–H groups in total. The monoisotopic (exact) mass is 208 g/mol. The summed E-state index contributed by atoms with van der Waals surface area (Å²) >= 11 is 0. The van der Waals surface area contributed by atoms with Gasteiger partial charge in [-0.3, -0.25) is 4.90 Å². The van der Waals surface area contributed by atoms with E-state index in [1.54, 1.807) is 12.4 Å². The zero-order valence-electron chi connectivity index (χ0n) is 8.72. The first-order chi connectivity index (χ1) is 7.38. The minimum Gasteiger partial charge on any atom is -0.379 e. The first-order valence-electron chi connectivity index (χ1n) is 5.18. The number of morpholine rings is 1. The smallest absolute Gasteiger partial charge is 0.142 e. The van der Waals surface area contributed by atoms with Crippen molar-refractivity contribution in [2.45, 2.75) is 13.1 Å². The molecule has 1 aromatic heterocycles. The Balaban J connectivity index is 1.91. The fourth-order valence-electron chi connectivity index (χ4n) is 1.53. The van der Waals surface area contributed by atoms with Crippen LogP contribution in [0.25, 0.3) is 0 Å². The van der Waals surface area contributed by atoms with Crippen molar-refractivity contribution in [3.63, 3.8) is 0 Å². The predicted molar refractivity (Wildman–Crippen MR) is 56.0 cm³/mol. The van der Waals surface area contributed by atoms with Crippen LogP contribution in [0.15, 0.2) is 12.4 Å². The minimum atomic E-state index is 0.498. The van der Waals surface area contributed by atoms with E-state index in [-0.39, 0.29) is 0 Å². The summed E-state index contributed by atoms with van der Waals surface area (Å²) in [5, 5.41) is 0. The molecule has 15 heavy (non-hydrogen) atoms. The van der Waals surface area contributed by atoms with Crippen molar-refractivity contribution in [3.8, 4) is 0 Å². The molecule has 1 aromatic rings. The number of nitrogens with two attached hydrogens (primary N) is 1. The quantitative estimate of drug-likeness (QED) is 0.743. The first-order valence-corrected chi connectivity index (χ1v) is 5.18. The maximum absolute atomic E-state index is 5.48. The van der Waals surface area contributed by atoms with E-state index in [1.807, 2.05) is 0 Å². The highest BCUT2D eigenvalue weighted by molar-refractivity contribution is 5.04.